The van der Waals surface area contributed by atoms with Crippen LogP contribution in [0, 0.1) is 0 Å². The maximum Gasteiger partial charge on any atom is 0.137 e. The number of hydrogen-bond acceptors (Lipinski definition) is 2. The largest absolute Gasteiger partial charge is 0.456 e. The molecule has 1 aromatic heterocycles. The van der Waals surface area contributed by atoms with Crippen molar-refractivity contribution in [2.24, 2.45) is 0 Å². The average molecular weight is 512 g/mol. The minimum Gasteiger partial charge on any atom is -0.456 e. The van der Waals surface area contributed by atoms with Gasteiger partial charge in [-0.2, -0.15) is 0 Å². The lowest BCUT2D eigenvalue weighted by molar-refractivity contribution is 0.669. The lowest BCUT2D eigenvalue weighted by Gasteiger charge is -2.25. The van der Waals surface area contributed by atoms with Gasteiger partial charge < -0.3 is 9.32 Å². The second kappa shape index (κ2) is 9.14. The van der Waals surface area contributed by atoms with E-state index in [0.717, 1.165) is 39.0 Å². The van der Waals surface area contributed by atoms with Gasteiger partial charge in [0.2, 0.25) is 0 Å². The summed E-state index contributed by atoms with van der Waals surface area (Å²) in [4.78, 5) is 2.30. The van der Waals surface area contributed by atoms with Gasteiger partial charge in [-0.05, 0) is 87.3 Å². The lowest BCUT2D eigenvalue weighted by atomic mass is 10.0. The highest BCUT2D eigenvalue weighted by Crippen LogP contribution is 2.40. The van der Waals surface area contributed by atoms with Gasteiger partial charge in [0.25, 0.3) is 0 Å². The highest BCUT2D eigenvalue weighted by atomic mass is 16.3. The van der Waals surface area contributed by atoms with Crippen molar-refractivity contribution in [2.75, 3.05) is 4.90 Å². The summed E-state index contributed by atoms with van der Waals surface area (Å²) in [5, 5.41) is 7.11. The van der Waals surface area contributed by atoms with Crippen LogP contribution in [0.4, 0.5) is 17.1 Å². The van der Waals surface area contributed by atoms with Crippen LogP contribution in [0.25, 0.3) is 54.6 Å². The normalized spacial score (nSPS) is 11.5. The number of para-hydroxylation sites is 1. The van der Waals surface area contributed by atoms with Crippen LogP contribution < -0.4 is 4.90 Å². The summed E-state index contributed by atoms with van der Waals surface area (Å²) in [6.45, 7) is 0. The molecule has 0 bridgehead atoms. The van der Waals surface area contributed by atoms with Gasteiger partial charge >= 0.3 is 0 Å². The Morgan fingerprint density at radius 1 is 0.350 bits per heavy atom. The van der Waals surface area contributed by atoms with Crippen molar-refractivity contribution >= 4 is 60.5 Å². The SMILES string of the molecule is c1ccc(-c2ccc3cc(N(c4ccccc4)c4ccc5c(c4)oc4cc6ccccc6cc45)ccc3c2)cc1. The first kappa shape index (κ1) is 22.6. The Morgan fingerprint density at radius 2 is 0.950 bits per heavy atom. The number of nitrogens with zero attached hydrogens (tertiary/aromatic N) is 1. The predicted octanol–water partition coefficient (Wildman–Crippen LogP) is 11.0. The second-order valence-electron chi connectivity index (χ2n) is 10.3. The second-order valence-corrected chi connectivity index (χ2v) is 10.3. The molecule has 0 aliphatic carbocycles. The van der Waals surface area contributed by atoms with Gasteiger partial charge in [-0.15, -0.1) is 0 Å². The summed E-state index contributed by atoms with van der Waals surface area (Å²) >= 11 is 0. The van der Waals surface area contributed by atoms with E-state index >= 15 is 0 Å². The smallest absolute Gasteiger partial charge is 0.137 e. The maximum absolute atomic E-state index is 6.42. The molecule has 0 amide bonds. The van der Waals surface area contributed by atoms with E-state index in [4.69, 9.17) is 4.42 Å². The van der Waals surface area contributed by atoms with Crippen molar-refractivity contribution in [1.29, 1.82) is 0 Å². The van der Waals surface area contributed by atoms with E-state index in [0.29, 0.717) is 0 Å². The van der Waals surface area contributed by atoms with Crippen LogP contribution in [0.2, 0.25) is 0 Å². The van der Waals surface area contributed by atoms with Gasteiger partial charge in [0, 0.05) is 33.9 Å². The Bertz CT molecular complexity index is 2160. The summed E-state index contributed by atoms with van der Waals surface area (Å²) in [5.41, 5.74) is 7.52. The number of rotatable bonds is 4. The summed E-state index contributed by atoms with van der Waals surface area (Å²) in [6.07, 6.45) is 0. The van der Waals surface area contributed by atoms with Crippen LogP contribution in [0.15, 0.2) is 156 Å². The van der Waals surface area contributed by atoms with E-state index in [1.54, 1.807) is 0 Å². The molecule has 40 heavy (non-hydrogen) atoms. The average Bonchev–Trinajstić information content (AvgIpc) is 3.37. The highest BCUT2D eigenvalue weighted by Gasteiger charge is 2.16. The molecule has 0 saturated carbocycles. The quantitative estimate of drug-likeness (QED) is 0.234. The number of furan rings is 1. The van der Waals surface area contributed by atoms with E-state index in [9.17, 15) is 0 Å². The fraction of sp³-hybridized carbons (Fsp3) is 0. The molecule has 2 nitrogen and oxygen atoms in total. The molecule has 2 heteroatoms. The Hall–Kier alpha value is -5.34. The van der Waals surface area contributed by atoms with Crippen molar-refractivity contribution in [3.8, 4) is 11.1 Å². The third-order valence-electron chi connectivity index (χ3n) is 7.78. The molecule has 0 N–H and O–H groups in total. The van der Waals surface area contributed by atoms with Crippen LogP contribution in [0.5, 0.6) is 0 Å². The Labute approximate surface area is 232 Å². The van der Waals surface area contributed by atoms with Crippen molar-refractivity contribution < 1.29 is 4.42 Å². The lowest BCUT2D eigenvalue weighted by Crippen LogP contribution is -2.09. The highest BCUT2D eigenvalue weighted by molar-refractivity contribution is 6.11. The van der Waals surface area contributed by atoms with Gasteiger partial charge in [0.15, 0.2) is 0 Å². The molecule has 8 aromatic rings. The summed E-state index contributed by atoms with van der Waals surface area (Å²) in [7, 11) is 0. The predicted molar refractivity (Wildman–Crippen MR) is 169 cm³/mol. The van der Waals surface area contributed by atoms with E-state index in [2.05, 4.69) is 157 Å². The summed E-state index contributed by atoms with van der Waals surface area (Å²) in [6, 6.07) is 53.8. The van der Waals surface area contributed by atoms with Gasteiger partial charge in [-0.25, -0.2) is 0 Å². The van der Waals surface area contributed by atoms with E-state index < -0.39 is 0 Å². The van der Waals surface area contributed by atoms with E-state index in [-0.39, 0.29) is 0 Å². The Morgan fingerprint density at radius 3 is 1.77 bits per heavy atom. The van der Waals surface area contributed by atoms with Crippen LogP contribution in [0.1, 0.15) is 0 Å². The van der Waals surface area contributed by atoms with Crippen LogP contribution in [0.3, 0.4) is 0 Å². The first-order valence-corrected chi connectivity index (χ1v) is 13.6. The summed E-state index contributed by atoms with van der Waals surface area (Å²) < 4.78 is 6.42. The van der Waals surface area contributed by atoms with Crippen molar-refractivity contribution in [3.05, 3.63) is 152 Å². The molecule has 1 heterocycles. The molecule has 7 aromatic carbocycles. The number of hydrogen-bond donors (Lipinski definition) is 0. The zero-order chi connectivity index (χ0) is 26.5. The van der Waals surface area contributed by atoms with Crippen LogP contribution in [-0.4, -0.2) is 0 Å². The first-order chi connectivity index (χ1) is 19.8. The standard InChI is InChI=1S/C38H25NO/c1-3-9-26(10-4-1)29-15-16-31-22-33(18-17-30(31)21-29)39(32-13-5-2-6-14-32)34-19-20-35-36-23-27-11-7-8-12-28(27)24-37(36)40-38(35)25-34/h1-25H. The zero-order valence-electron chi connectivity index (χ0n) is 21.8. The van der Waals surface area contributed by atoms with Gasteiger partial charge in [-0.1, -0.05) is 91.0 Å². The number of benzene rings is 7. The Balaban J connectivity index is 1.26. The molecular formula is C38H25NO. The Kier molecular flexibility index (Phi) is 5.17. The van der Waals surface area contributed by atoms with Crippen molar-refractivity contribution in [1.82, 2.24) is 0 Å². The maximum atomic E-state index is 6.42. The third-order valence-corrected chi connectivity index (χ3v) is 7.78. The molecule has 8 rings (SSSR count). The molecular weight excluding hydrogens is 486 g/mol. The monoisotopic (exact) mass is 511 g/mol. The molecule has 0 aliphatic heterocycles. The van der Waals surface area contributed by atoms with Gasteiger partial charge in [0.1, 0.15) is 11.2 Å². The fourth-order valence-corrected chi connectivity index (χ4v) is 5.80. The van der Waals surface area contributed by atoms with Crippen molar-refractivity contribution in [2.45, 2.75) is 0 Å². The molecule has 0 aliphatic rings. The molecule has 0 unspecified atom stereocenters. The first-order valence-electron chi connectivity index (χ1n) is 13.6. The number of anilines is 3. The van der Waals surface area contributed by atoms with Crippen LogP contribution >= 0.6 is 0 Å². The number of fused-ring (bicyclic) bond motifs is 5. The zero-order valence-corrected chi connectivity index (χ0v) is 21.8. The topological polar surface area (TPSA) is 16.4 Å². The minimum atomic E-state index is 0.886. The van der Waals surface area contributed by atoms with Gasteiger partial charge in [-0.3, -0.25) is 0 Å². The van der Waals surface area contributed by atoms with Gasteiger partial charge in [0.05, 0.1) is 0 Å². The molecule has 188 valence electrons. The van der Waals surface area contributed by atoms with E-state index in [1.807, 2.05) is 0 Å². The molecule has 0 atom stereocenters. The fourth-order valence-electron chi connectivity index (χ4n) is 5.80. The van der Waals surface area contributed by atoms with E-state index in [1.165, 1.54) is 32.7 Å². The molecule has 0 radical (unpaired) electrons. The molecule has 0 spiro atoms. The summed E-state index contributed by atoms with van der Waals surface area (Å²) in [5.74, 6) is 0. The molecule has 0 saturated heterocycles. The minimum absolute atomic E-state index is 0.886. The van der Waals surface area contributed by atoms with Crippen LogP contribution in [-0.2, 0) is 0 Å². The van der Waals surface area contributed by atoms with Crippen molar-refractivity contribution in [3.63, 3.8) is 0 Å². The third kappa shape index (κ3) is 3.81. The molecule has 0 fully saturated rings.